The molecule has 0 radical (unpaired) electrons. The molecule has 2 heterocycles. The highest BCUT2D eigenvalue weighted by Gasteiger charge is 2.46. The van der Waals surface area contributed by atoms with Gasteiger partial charge in [-0.05, 0) is 42.0 Å². The van der Waals surface area contributed by atoms with Crippen LogP contribution in [-0.4, -0.2) is 86.1 Å². The third-order valence-corrected chi connectivity index (χ3v) is 6.95. The van der Waals surface area contributed by atoms with Crippen LogP contribution in [0.4, 0.5) is 0 Å². The van der Waals surface area contributed by atoms with Crippen LogP contribution in [0.5, 0.6) is 34.5 Å². The van der Waals surface area contributed by atoms with Gasteiger partial charge in [0.1, 0.15) is 48.3 Å². The van der Waals surface area contributed by atoms with Gasteiger partial charge in [0, 0.05) is 23.8 Å². The van der Waals surface area contributed by atoms with Crippen molar-refractivity contribution in [1.29, 1.82) is 0 Å². The van der Waals surface area contributed by atoms with E-state index in [0.717, 1.165) is 24.3 Å². The maximum Gasteiger partial charge on any atom is 0.330 e. The van der Waals surface area contributed by atoms with E-state index in [1.807, 2.05) is 0 Å². The fraction of sp³-hybridized carbons (Fsp3) is 0.226. The predicted octanol–water partition coefficient (Wildman–Crippen LogP) is 1.69. The Morgan fingerprint density at radius 2 is 1.62 bits per heavy atom. The van der Waals surface area contributed by atoms with Crippen molar-refractivity contribution in [2.24, 2.45) is 0 Å². The van der Waals surface area contributed by atoms with E-state index in [1.54, 1.807) is 12.1 Å². The standard InChI is InChI=1S/C31H28O14/c1-41-22-9-15(8-20(35)26(22)37)30-23(12-18-19(34)10-17(33)11-21(18)43-30)44-31-29(40)28(39)27(38)24(45-31)13-42-25(36)7-4-14-2-5-16(32)6-3-14/h2-12,24,27-29,31-32,34-35,37-40H,13H2,1H3. The summed E-state index contributed by atoms with van der Waals surface area (Å²) in [7, 11) is 1.24. The van der Waals surface area contributed by atoms with Gasteiger partial charge >= 0.3 is 5.97 Å². The van der Waals surface area contributed by atoms with E-state index in [2.05, 4.69) is 0 Å². The zero-order valence-corrected chi connectivity index (χ0v) is 23.4. The normalized spacial score (nSPS) is 21.6. The fourth-order valence-corrected chi connectivity index (χ4v) is 4.58. The first-order valence-corrected chi connectivity index (χ1v) is 13.4. The van der Waals surface area contributed by atoms with E-state index in [0.29, 0.717) is 5.56 Å². The molecule has 0 aromatic heterocycles. The van der Waals surface area contributed by atoms with E-state index < -0.39 is 66.0 Å². The van der Waals surface area contributed by atoms with Crippen molar-refractivity contribution < 1.29 is 63.9 Å². The summed E-state index contributed by atoms with van der Waals surface area (Å²) in [6.07, 6.45) is -5.93. The number of hydrogen-bond acceptors (Lipinski definition) is 14. The number of aromatic hydroxyl groups is 4. The second-order valence-electron chi connectivity index (χ2n) is 10.0. The summed E-state index contributed by atoms with van der Waals surface area (Å²) in [4.78, 5) is 24.3. The van der Waals surface area contributed by atoms with Crippen LogP contribution in [0.15, 0.2) is 69.9 Å². The molecule has 1 aliphatic carbocycles. The van der Waals surface area contributed by atoms with Crippen molar-refractivity contribution in [3.8, 4) is 57.1 Å². The number of carbonyl (C=O) groups is 1. The molecule has 5 atom stereocenters. The first-order chi connectivity index (χ1) is 21.4. The maximum atomic E-state index is 12.3. The lowest BCUT2D eigenvalue weighted by molar-refractivity contribution is -0.278. The lowest BCUT2D eigenvalue weighted by Gasteiger charge is -2.40. The summed E-state index contributed by atoms with van der Waals surface area (Å²) in [5, 5.41) is 71.9. The van der Waals surface area contributed by atoms with Gasteiger partial charge in [-0.3, -0.25) is 4.79 Å². The van der Waals surface area contributed by atoms with Gasteiger partial charge in [-0.15, -0.1) is 0 Å². The summed E-state index contributed by atoms with van der Waals surface area (Å²) in [5.41, 5.74) is 0.0963. The molecule has 1 saturated heterocycles. The number of aliphatic hydroxyl groups excluding tert-OH is 3. The van der Waals surface area contributed by atoms with Crippen molar-refractivity contribution >= 4 is 12.0 Å². The van der Waals surface area contributed by atoms with E-state index in [4.69, 9.17) is 23.4 Å². The van der Waals surface area contributed by atoms with Crippen LogP contribution in [0.1, 0.15) is 5.56 Å². The molecule has 14 nitrogen and oxygen atoms in total. The van der Waals surface area contributed by atoms with Crippen molar-refractivity contribution in [1.82, 2.24) is 0 Å². The molecule has 14 heteroatoms. The van der Waals surface area contributed by atoms with Gasteiger partial charge in [-0.25, -0.2) is 4.79 Å². The fourth-order valence-electron chi connectivity index (χ4n) is 4.58. The first-order valence-electron chi connectivity index (χ1n) is 13.4. The largest absolute Gasteiger partial charge is 0.508 e. The van der Waals surface area contributed by atoms with Gasteiger partial charge < -0.3 is 59.1 Å². The minimum atomic E-state index is -1.84. The number of hydrogen-bond donors (Lipinski definition) is 7. The average Bonchev–Trinajstić information content (AvgIpc) is 3.01. The third-order valence-electron chi connectivity index (χ3n) is 6.95. The number of phenolic OH excluding ortho intramolecular Hbond substituents is 4. The molecule has 2 aromatic carbocycles. The third kappa shape index (κ3) is 6.63. The molecule has 5 unspecified atom stereocenters. The van der Waals surface area contributed by atoms with Crippen LogP contribution in [0.25, 0.3) is 28.7 Å². The van der Waals surface area contributed by atoms with Crippen molar-refractivity contribution in [3.05, 3.63) is 76.5 Å². The monoisotopic (exact) mass is 624 g/mol. The minimum Gasteiger partial charge on any atom is -0.508 e. The molecular weight excluding hydrogens is 596 g/mol. The average molecular weight is 625 g/mol. The molecule has 0 bridgehead atoms. The lowest BCUT2D eigenvalue weighted by Crippen LogP contribution is -2.60. The van der Waals surface area contributed by atoms with Crippen LogP contribution in [-0.2, 0) is 14.3 Å². The summed E-state index contributed by atoms with van der Waals surface area (Å²) in [6.45, 7) is -0.561. The zero-order chi connectivity index (χ0) is 32.4. The number of fused-ring (bicyclic) bond motifs is 1. The number of phenols is 4. The van der Waals surface area contributed by atoms with Crippen LogP contribution < -0.4 is 14.9 Å². The topological polar surface area (TPSA) is 226 Å². The quantitative estimate of drug-likeness (QED) is 0.0841. The van der Waals surface area contributed by atoms with Gasteiger partial charge in [0.15, 0.2) is 28.4 Å². The number of aliphatic hydroxyl groups is 3. The Balaban J connectivity index is 1.43. The first kappa shape index (κ1) is 31.2. The number of rotatable bonds is 8. The van der Waals surface area contributed by atoms with Gasteiger partial charge in [-0.1, -0.05) is 12.1 Å². The number of methoxy groups -OCH3 is 1. The number of esters is 1. The van der Waals surface area contributed by atoms with Gasteiger partial charge in [-0.2, -0.15) is 0 Å². The van der Waals surface area contributed by atoms with E-state index in [-0.39, 0.29) is 39.9 Å². The van der Waals surface area contributed by atoms with Crippen LogP contribution >= 0.6 is 0 Å². The zero-order valence-electron chi connectivity index (χ0n) is 23.4. The molecule has 236 valence electrons. The molecular formula is C31H28O14. The second kappa shape index (κ2) is 12.8. The van der Waals surface area contributed by atoms with Crippen molar-refractivity contribution in [3.63, 3.8) is 0 Å². The Morgan fingerprint density at radius 3 is 2.33 bits per heavy atom. The highest BCUT2D eigenvalue weighted by molar-refractivity contribution is 5.87. The van der Waals surface area contributed by atoms with E-state index in [9.17, 15) is 45.3 Å². The van der Waals surface area contributed by atoms with Gasteiger partial charge in [0.05, 0.1) is 12.7 Å². The van der Waals surface area contributed by atoms with Crippen molar-refractivity contribution in [2.45, 2.75) is 30.7 Å². The van der Waals surface area contributed by atoms with Crippen LogP contribution in [0.3, 0.4) is 0 Å². The summed E-state index contributed by atoms with van der Waals surface area (Å²) in [5.74, 6) is -3.04. The molecule has 1 fully saturated rings. The predicted molar refractivity (Wildman–Crippen MR) is 154 cm³/mol. The molecule has 2 aromatic rings. The van der Waals surface area contributed by atoms with Gasteiger partial charge in [0.25, 0.3) is 0 Å². The highest BCUT2D eigenvalue weighted by Crippen LogP contribution is 2.45. The second-order valence-corrected chi connectivity index (χ2v) is 10.0. The van der Waals surface area contributed by atoms with E-state index in [1.165, 1.54) is 37.5 Å². The summed E-state index contributed by atoms with van der Waals surface area (Å²) >= 11 is 0. The maximum absolute atomic E-state index is 12.3. The highest BCUT2D eigenvalue weighted by atomic mass is 16.7. The molecule has 7 N–H and O–H groups in total. The van der Waals surface area contributed by atoms with E-state index >= 15 is 0 Å². The van der Waals surface area contributed by atoms with Gasteiger partial charge in [0.2, 0.25) is 12.0 Å². The molecule has 5 rings (SSSR count). The minimum absolute atomic E-state index is 0.0140. The molecule has 3 aliphatic rings. The number of carbonyl (C=O) groups excluding carboxylic acids is 1. The Hall–Kier alpha value is -5.28. The SMILES string of the molecule is COc1cc(-c2oc3cc(=O)cc(O)c-3cc2OC2OC(COC(=O)C=Cc3ccc(O)cc3)C(O)C(O)C2O)cc(O)c1O. The Bertz CT molecular complexity index is 1740. The smallest absolute Gasteiger partial charge is 0.330 e. The molecule has 2 aliphatic heterocycles. The van der Waals surface area contributed by atoms with Crippen LogP contribution in [0, 0.1) is 0 Å². The summed E-state index contributed by atoms with van der Waals surface area (Å²) < 4.78 is 27.7. The molecule has 45 heavy (non-hydrogen) atoms. The number of benzene rings is 3. The van der Waals surface area contributed by atoms with Crippen molar-refractivity contribution in [2.75, 3.05) is 13.7 Å². The molecule has 0 spiro atoms. The molecule has 0 saturated carbocycles. The molecule has 0 amide bonds. The Kier molecular flexibility index (Phi) is 8.83. The lowest BCUT2D eigenvalue weighted by atomic mass is 9.99. The Labute approximate surface area is 254 Å². The summed E-state index contributed by atoms with van der Waals surface area (Å²) in [6, 6.07) is 11.6. The van der Waals surface area contributed by atoms with Crippen LogP contribution in [0.2, 0.25) is 0 Å². The Morgan fingerprint density at radius 1 is 0.889 bits per heavy atom. The number of ether oxygens (including phenoxy) is 4.